The minimum atomic E-state index is 0.0570. The Hall–Kier alpha value is -2.21. The third-order valence-electron chi connectivity index (χ3n) is 3.37. The molecule has 3 aromatic rings. The molecule has 1 N–H and O–H groups in total. The van der Waals surface area contributed by atoms with E-state index >= 15 is 0 Å². The zero-order chi connectivity index (χ0) is 14.7. The summed E-state index contributed by atoms with van der Waals surface area (Å²) in [6.07, 6.45) is 1.72. The van der Waals surface area contributed by atoms with E-state index in [-0.39, 0.29) is 6.04 Å². The van der Waals surface area contributed by atoms with Crippen LogP contribution >= 0.6 is 0 Å². The first-order valence-electron chi connectivity index (χ1n) is 7.21. The van der Waals surface area contributed by atoms with Crippen molar-refractivity contribution in [3.8, 4) is 0 Å². The average Bonchev–Trinajstić information content (AvgIpc) is 3.09. The van der Waals surface area contributed by atoms with Gasteiger partial charge in [-0.2, -0.15) is 4.80 Å². The fraction of sp³-hybridized carbons (Fsp3) is 0.400. The van der Waals surface area contributed by atoms with Crippen molar-refractivity contribution in [3.63, 3.8) is 0 Å². The zero-order valence-electron chi connectivity index (χ0n) is 12.3. The summed E-state index contributed by atoms with van der Waals surface area (Å²) >= 11 is 0. The molecule has 0 aliphatic carbocycles. The molecule has 1 atom stereocenters. The van der Waals surface area contributed by atoms with Crippen LogP contribution in [0.1, 0.15) is 31.0 Å². The number of aryl methyl sites for hydroxylation is 1. The van der Waals surface area contributed by atoms with E-state index in [0.29, 0.717) is 12.2 Å². The van der Waals surface area contributed by atoms with Crippen molar-refractivity contribution in [3.05, 3.63) is 41.9 Å². The number of tetrazole rings is 1. The van der Waals surface area contributed by atoms with E-state index in [1.54, 1.807) is 7.05 Å². The molecule has 0 saturated carbocycles. The molecule has 21 heavy (non-hydrogen) atoms. The fourth-order valence-corrected chi connectivity index (χ4v) is 2.35. The molecule has 0 amide bonds. The van der Waals surface area contributed by atoms with Crippen LogP contribution in [0.4, 0.5) is 0 Å². The number of fused-ring (bicyclic) bond motifs is 1. The molecule has 0 saturated heterocycles. The van der Waals surface area contributed by atoms with Crippen LogP contribution in [-0.2, 0) is 13.5 Å². The van der Waals surface area contributed by atoms with Gasteiger partial charge in [0.1, 0.15) is 11.3 Å². The highest BCUT2D eigenvalue weighted by Crippen LogP contribution is 2.25. The summed E-state index contributed by atoms with van der Waals surface area (Å²) in [7, 11) is 1.77. The summed E-state index contributed by atoms with van der Waals surface area (Å²) in [5.41, 5.74) is 0.905. The smallest absolute Gasteiger partial charge is 0.176 e. The van der Waals surface area contributed by atoms with Crippen molar-refractivity contribution >= 4 is 11.0 Å². The summed E-state index contributed by atoms with van der Waals surface area (Å²) in [6.45, 7) is 3.06. The van der Waals surface area contributed by atoms with Gasteiger partial charge in [-0.1, -0.05) is 25.1 Å². The van der Waals surface area contributed by atoms with E-state index < -0.39 is 0 Å². The Morgan fingerprint density at radius 1 is 1.33 bits per heavy atom. The van der Waals surface area contributed by atoms with E-state index in [2.05, 4.69) is 39.8 Å². The number of nitrogens with zero attached hydrogens (tertiary/aromatic N) is 4. The Bertz CT molecular complexity index is 685. The number of benzene rings is 1. The van der Waals surface area contributed by atoms with Gasteiger partial charge in [0, 0.05) is 11.8 Å². The van der Waals surface area contributed by atoms with Gasteiger partial charge in [-0.25, -0.2) is 0 Å². The van der Waals surface area contributed by atoms with Gasteiger partial charge in [0.15, 0.2) is 5.82 Å². The Balaban J connectivity index is 1.86. The SMILES string of the molecule is CCCNC(Cc1nnn(C)n1)c1cc2ccccc2o1. The lowest BCUT2D eigenvalue weighted by molar-refractivity contribution is 0.422. The van der Waals surface area contributed by atoms with Crippen LogP contribution in [0.5, 0.6) is 0 Å². The molecule has 0 aliphatic rings. The maximum absolute atomic E-state index is 5.96. The van der Waals surface area contributed by atoms with Gasteiger partial charge >= 0.3 is 0 Å². The first-order chi connectivity index (χ1) is 10.3. The normalized spacial score (nSPS) is 12.9. The van der Waals surface area contributed by atoms with Crippen LogP contribution in [0.3, 0.4) is 0 Å². The highest BCUT2D eigenvalue weighted by Gasteiger charge is 2.18. The number of hydrogen-bond donors (Lipinski definition) is 1. The number of furan rings is 1. The topological polar surface area (TPSA) is 68.8 Å². The lowest BCUT2D eigenvalue weighted by Crippen LogP contribution is -2.24. The van der Waals surface area contributed by atoms with Crippen LogP contribution in [0, 0.1) is 0 Å². The second kappa shape index (κ2) is 6.05. The zero-order valence-corrected chi connectivity index (χ0v) is 12.3. The van der Waals surface area contributed by atoms with Crippen LogP contribution in [0.2, 0.25) is 0 Å². The molecule has 0 bridgehead atoms. The third-order valence-corrected chi connectivity index (χ3v) is 3.37. The highest BCUT2D eigenvalue weighted by atomic mass is 16.3. The summed E-state index contributed by atoms with van der Waals surface area (Å²) < 4.78 is 5.96. The standard InChI is InChI=1S/C15H19N5O/c1-3-8-16-12(10-15-17-19-20(2)18-15)14-9-11-6-4-5-7-13(11)21-14/h4-7,9,12,16H,3,8,10H2,1-2H3. The Morgan fingerprint density at radius 2 is 2.19 bits per heavy atom. The van der Waals surface area contributed by atoms with E-state index in [1.165, 1.54) is 4.80 Å². The Kier molecular flexibility index (Phi) is 3.96. The van der Waals surface area contributed by atoms with E-state index in [1.807, 2.05) is 18.2 Å². The van der Waals surface area contributed by atoms with Gasteiger partial charge in [0.25, 0.3) is 0 Å². The molecule has 1 unspecified atom stereocenters. The maximum atomic E-state index is 5.96. The molecule has 6 heteroatoms. The number of nitrogens with one attached hydrogen (secondary N) is 1. The summed E-state index contributed by atoms with van der Waals surface area (Å²) in [6, 6.07) is 10.2. The van der Waals surface area contributed by atoms with Crippen LogP contribution in [0.25, 0.3) is 11.0 Å². The number of hydrogen-bond acceptors (Lipinski definition) is 5. The lowest BCUT2D eigenvalue weighted by Gasteiger charge is -2.14. The number of para-hydroxylation sites is 1. The average molecular weight is 285 g/mol. The summed E-state index contributed by atoms with van der Waals surface area (Å²) in [5.74, 6) is 1.63. The summed E-state index contributed by atoms with van der Waals surface area (Å²) in [5, 5.41) is 16.8. The first kappa shape index (κ1) is 13.8. The molecular weight excluding hydrogens is 266 g/mol. The largest absolute Gasteiger partial charge is 0.459 e. The first-order valence-corrected chi connectivity index (χ1v) is 7.21. The van der Waals surface area contributed by atoms with Gasteiger partial charge in [-0.15, -0.1) is 10.2 Å². The van der Waals surface area contributed by atoms with Crippen LogP contribution in [-0.4, -0.2) is 26.8 Å². The van der Waals surface area contributed by atoms with Gasteiger partial charge in [-0.3, -0.25) is 0 Å². The Labute approximate surface area is 123 Å². The molecule has 0 radical (unpaired) electrons. The predicted molar refractivity (Wildman–Crippen MR) is 79.8 cm³/mol. The molecule has 3 rings (SSSR count). The van der Waals surface area contributed by atoms with Crippen molar-refractivity contribution in [1.29, 1.82) is 0 Å². The molecule has 0 aliphatic heterocycles. The minimum absolute atomic E-state index is 0.0570. The molecule has 0 fully saturated rings. The molecule has 2 aromatic heterocycles. The van der Waals surface area contributed by atoms with Crippen molar-refractivity contribution in [2.24, 2.45) is 7.05 Å². The van der Waals surface area contributed by atoms with E-state index in [9.17, 15) is 0 Å². The van der Waals surface area contributed by atoms with Gasteiger partial charge in [-0.05, 0) is 30.3 Å². The molecule has 2 heterocycles. The van der Waals surface area contributed by atoms with Crippen molar-refractivity contribution in [2.45, 2.75) is 25.8 Å². The molecule has 0 spiro atoms. The quantitative estimate of drug-likeness (QED) is 0.752. The molecule has 6 nitrogen and oxygen atoms in total. The van der Waals surface area contributed by atoms with Crippen LogP contribution in [0.15, 0.2) is 34.7 Å². The Morgan fingerprint density at radius 3 is 2.90 bits per heavy atom. The lowest BCUT2D eigenvalue weighted by atomic mass is 10.1. The monoisotopic (exact) mass is 285 g/mol. The van der Waals surface area contributed by atoms with Gasteiger partial charge in [0.2, 0.25) is 0 Å². The molecule has 110 valence electrons. The van der Waals surface area contributed by atoms with Crippen molar-refractivity contribution in [1.82, 2.24) is 25.5 Å². The van der Waals surface area contributed by atoms with Crippen molar-refractivity contribution < 1.29 is 4.42 Å². The van der Waals surface area contributed by atoms with E-state index in [0.717, 1.165) is 29.7 Å². The van der Waals surface area contributed by atoms with Crippen molar-refractivity contribution in [2.75, 3.05) is 6.54 Å². The number of aromatic nitrogens is 4. The second-order valence-electron chi connectivity index (χ2n) is 5.09. The third kappa shape index (κ3) is 3.11. The minimum Gasteiger partial charge on any atom is -0.459 e. The fourth-order valence-electron chi connectivity index (χ4n) is 2.35. The van der Waals surface area contributed by atoms with Gasteiger partial charge < -0.3 is 9.73 Å². The van der Waals surface area contributed by atoms with Gasteiger partial charge in [0.05, 0.1) is 13.1 Å². The molecule has 1 aromatic carbocycles. The maximum Gasteiger partial charge on any atom is 0.176 e. The predicted octanol–water partition coefficient (Wildman–Crippen LogP) is 2.24. The molecular formula is C15H19N5O. The summed E-state index contributed by atoms with van der Waals surface area (Å²) in [4.78, 5) is 1.48. The van der Waals surface area contributed by atoms with Crippen LogP contribution < -0.4 is 5.32 Å². The van der Waals surface area contributed by atoms with E-state index in [4.69, 9.17) is 4.42 Å². The highest BCUT2D eigenvalue weighted by molar-refractivity contribution is 5.77. The number of rotatable bonds is 6. The second-order valence-corrected chi connectivity index (χ2v) is 5.09.